The minimum atomic E-state index is 0.0135. The molecule has 0 radical (unpaired) electrons. The lowest BCUT2D eigenvalue weighted by atomic mass is 10.1. The van der Waals surface area contributed by atoms with E-state index in [1.807, 2.05) is 0 Å². The number of aliphatic hydroxyl groups excluding tert-OH is 1. The van der Waals surface area contributed by atoms with Gasteiger partial charge in [0.15, 0.2) is 5.82 Å². The largest absolute Gasteiger partial charge is 0.388 e. The molecule has 3 rings (SSSR count). The molecule has 0 unspecified atom stereocenters. The summed E-state index contributed by atoms with van der Waals surface area (Å²) in [6.07, 6.45) is 4.86. The molecule has 76 valence electrons. The van der Waals surface area contributed by atoms with E-state index < -0.39 is 0 Å². The lowest BCUT2D eigenvalue weighted by Crippen LogP contribution is -2.12. The lowest BCUT2D eigenvalue weighted by molar-refractivity contribution is 0.264. The summed E-state index contributed by atoms with van der Waals surface area (Å²) < 4.78 is 2.17. The van der Waals surface area contributed by atoms with Crippen molar-refractivity contribution in [2.75, 3.05) is 0 Å². The molecule has 4 nitrogen and oxygen atoms in total. The maximum absolute atomic E-state index is 9.17. The molecule has 4 heteroatoms. The molecule has 0 spiro atoms. The van der Waals surface area contributed by atoms with Gasteiger partial charge in [0.25, 0.3) is 0 Å². The van der Waals surface area contributed by atoms with Gasteiger partial charge >= 0.3 is 0 Å². The third-order valence-corrected chi connectivity index (χ3v) is 3.36. The second kappa shape index (κ2) is 2.57. The zero-order valence-electron chi connectivity index (χ0n) is 8.40. The molecule has 14 heavy (non-hydrogen) atoms. The summed E-state index contributed by atoms with van der Waals surface area (Å²) in [4.78, 5) is 0. The van der Waals surface area contributed by atoms with Crippen molar-refractivity contribution in [2.24, 2.45) is 0 Å². The predicted octanol–water partition coefficient (Wildman–Crippen LogP) is 1.16. The van der Waals surface area contributed by atoms with Crippen LogP contribution in [0.2, 0.25) is 0 Å². The van der Waals surface area contributed by atoms with Crippen LogP contribution in [0.25, 0.3) is 0 Å². The van der Waals surface area contributed by atoms with Crippen LogP contribution in [0.1, 0.15) is 50.3 Å². The Labute approximate surface area is 83.0 Å². The highest BCUT2D eigenvalue weighted by atomic mass is 16.3. The number of rotatable bonds is 3. The first-order valence-corrected chi connectivity index (χ1v) is 5.30. The van der Waals surface area contributed by atoms with Crippen molar-refractivity contribution < 1.29 is 5.11 Å². The van der Waals surface area contributed by atoms with Gasteiger partial charge in [-0.25, -0.2) is 0 Å². The van der Waals surface area contributed by atoms with Gasteiger partial charge in [0, 0.05) is 11.5 Å². The molecule has 1 aromatic rings. The minimum absolute atomic E-state index is 0.0135. The Morgan fingerprint density at radius 1 is 1.43 bits per heavy atom. The van der Waals surface area contributed by atoms with Crippen molar-refractivity contribution in [1.29, 1.82) is 0 Å². The predicted molar refractivity (Wildman–Crippen MR) is 50.8 cm³/mol. The molecule has 0 saturated heterocycles. The maximum Gasteiger partial charge on any atom is 0.159 e. The summed E-state index contributed by atoms with van der Waals surface area (Å²) in [7, 11) is 0. The molecule has 2 aliphatic carbocycles. The number of aromatic nitrogens is 3. The molecule has 2 saturated carbocycles. The van der Waals surface area contributed by atoms with Gasteiger partial charge in [-0.2, -0.15) is 0 Å². The van der Waals surface area contributed by atoms with Gasteiger partial charge < -0.3 is 9.67 Å². The van der Waals surface area contributed by atoms with E-state index in [9.17, 15) is 5.11 Å². The SMILES string of the molecule is CC1(c2nnc(CO)n2C2CC2)CC1. The highest BCUT2D eigenvalue weighted by Gasteiger charge is 2.46. The number of aliphatic hydroxyl groups is 1. The van der Waals surface area contributed by atoms with E-state index in [0.717, 1.165) is 11.6 Å². The first-order valence-electron chi connectivity index (χ1n) is 5.30. The molecule has 2 fully saturated rings. The van der Waals surface area contributed by atoms with Crippen molar-refractivity contribution in [2.45, 2.75) is 50.7 Å². The van der Waals surface area contributed by atoms with Gasteiger partial charge in [-0.1, -0.05) is 6.92 Å². The van der Waals surface area contributed by atoms with Crippen LogP contribution < -0.4 is 0 Å². The Balaban J connectivity index is 2.05. The highest BCUT2D eigenvalue weighted by Crippen LogP contribution is 2.49. The van der Waals surface area contributed by atoms with Gasteiger partial charge in [-0.05, 0) is 25.7 Å². The number of nitrogens with zero attached hydrogens (tertiary/aromatic N) is 3. The molecule has 0 aliphatic heterocycles. The molecule has 1 aromatic heterocycles. The third-order valence-electron chi connectivity index (χ3n) is 3.36. The van der Waals surface area contributed by atoms with Crippen molar-refractivity contribution in [3.8, 4) is 0 Å². The van der Waals surface area contributed by atoms with E-state index in [1.165, 1.54) is 25.7 Å². The summed E-state index contributed by atoms with van der Waals surface area (Å²) in [5.41, 5.74) is 0.253. The van der Waals surface area contributed by atoms with E-state index >= 15 is 0 Å². The molecular formula is C10H15N3O. The second-order valence-corrected chi connectivity index (χ2v) is 4.76. The Kier molecular flexibility index (Phi) is 1.54. The maximum atomic E-state index is 9.17. The van der Waals surface area contributed by atoms with E-state index in [-0.39, 0.29) is 12.0 Å². The lowest BCUT2D eigenvalue weighted by Gasteiger charge is -2.11. The zero-order chi connectivity index (χ0) is 9.76. The van der Waals surface area contributed by atoms with Gasteiger partial charge in [0.1, 0.15) is 12.4 Å². The van der Waals surface area contributed by atoms with Gasteiger partial charge in [-0.3, -0.25) is 0 Å². The van der Waals surface area contributed by atoms with Gasteiger partial charge in [0.05, 0.1) is 0 Å². The first-order chi connectivity index (χ1) is 6.74. The average molecular weight is 193 g/mol. The standard InChI is InChI=1S/C10H15N3O/c1-10(4-5-10)9-12-11-8(6-14)13(9)7-2-3-7/h7,14H,2-6H2,1H3. The average Bonchev–Trinajstić information content (AvgIpc) is 3.09. The Hall–Kier alpha value is -0.900. The normalized spacial score (nSPS) is 23.9. The summed E-state index contributed by atoms with van der Waals surface area (Å²) in [5, 5.41) is 17.5. The van der Waals surface area contributed by atoms with E-state index in [0.29, 0.717) is 6.04 Å². The van der Waals surface area contributed by atoms with Crippen LogP contribution in [0.5, 0.6) is 0 Å². The summed E-state index contributed by atoms with van der Waals surface area (Å²) in [5.74, 6) is 1.85. The summed E-state index contributed by atoms with van der Waals surface area (Å²) in [6, 6.07) is 0.569. The van der Waals surface area contributed by atoms with Crippen LogP contribution in [0.3, 0.4) is 0 Å². The molecule has 0 aromatic carbocycles. The van der Waals surface area contributed by atoms with Crippen molar-refractivity contribution in [3.63, 3.8) is 0 Å². The first kappa shape index (κ1) is 8.41. The van der Waals surface area contributed by atoms with Crippen molar-refractivity contribution in [3.05, 3.63) is 11.6 Å². The van der Waals surface area contributed by atoms with E-state index in [2.05, 4.69) is 21.7 Å². The van der Waals surface area contributed by atoms with Crippen molar-refractivity contribution in [1.82, 2.24) is 14.8 Å². The smallest absolute Gasteiger partial charge is 0.159 e. The molecule has 0 amide bonds. The van der Waals surface area contributed by atoms with Crippen LogP contribution in [-0.2, 0) is 12.0 Å². The molecule has 2 aliphatic rings. The molecule has 0 atom stereocenters. The monoisotopic (exact) mass is 193 g/mol. The van der Waals surface area contributed by atoms with Crippen molar-refractivity contribution >= 4 is 0 Å². The summed E-state index contributed by atoms with van der Waals surface area (Å²) >= 11 is 0. The Morgan fingerprint density at radius 2 is 2.14 bits per heavy atom. The summed E-state index contributed by atoms with van der Waals surface area (Å²) in [6.45, 7) is 2.25. The minimum Gasteiger partial charge on any atom is -0.388 e. The van der Waals surface area contributed by atoms with Crippen LogP contribution in [0.4, 0.5) is 0 Å². The Bertz CT molecular complexity index is 363. The zero-order valence-corrected chi connectivity index (χ0v) is 8.40. The number of hydrogen-bond donors (Lipinski definition) is 1. The fourth-order valence-corrected chi connectivity index (χ4v) is 1.97. The van der Waals surface area contributed by atoms with E-state index in [4.69, 9.17) is 0 Å². The van der Waals surface area contributed by atoms with Crippen LogP contribution in [0.15, 0.2) is 0 Å². The van der Waals surface area contributed by atoms with Gasteiger partial charge in [0.2, 0.25) is 0 Å². The Morgan fingerprint density at radius 3 is 2.64 bits per heavy atom. The molecule has 0 bridgehead atoms. The fraction of sp³-hybridized carbons (Fsp3) is 0.800. The van der Waals surface area contributed by atoms with Crippen LogP contribution in [-0.4, -0.2) is 19.9 Å². The van der Waals surface area contributed by atoms with Crippen LogP contribution >= 0.6 is 0 Å². The van der Waals surface area contributed by atoms with E-state index in [1.54, 1.807) is 0 Å². The molecule has 1 heterocycles. The second-order valence-electron chi connectivity index (χ2n) is 4.76. The fourth-order valence-electron chi connectivity index (χ4n) is 1.97. The number of hydrogen-bond acceptors (Lipinski definition) is 3. The van der Waals surface area contributed by atoms with Gasteiger partial charge in [-0.15, -0.1) is 10.2 Å². The third kappa shape index (κ3) is 1.10. The molecule has 1 N–H and O–H groups in total. The topological polar surface area (TPSA) is 50.9 Å². The highest BCUT2D eigenvalue weighted by molar-refractivity contribution is 5.19. The van der Waals surface area contributed by atoms with Crippen LogP contribution in [0, 0.1) is 0 Å². The molecular weight excluding hydrogens is 178 g/mol. The quantitative estimate of drug-likeness (QED) is 0.783.